The number of fused-ring (bicyclic) bond motifs is 1. The number of H-pyrrole nitrogens is 1. The van der Waals surface area contributed by atoms with Crippen molar-refractivity contribution in [2.45, 2.75) is 39.7 Å². The number of rotatable bonds is 9. The van der Waals surface area contributed by atoms with Crippen molar-refractivity contribution in [2.24, 2.45) is 0 Å². The summed E-state index contributed by atoms with van der Waals surface area (Å²) in [6.07, 6.45) is 3.55. The van der Waals surface area contributed by atoms with Crippen molar-refractivity contribution in [3.05, 3.63) is 40.2 Å². The van der Waals surface area contributed by atoms with Crippen LogP contribution in [-0.4, -0.2) is 59.2 Å². The van der Waals surface area contributed by atoms with E-state index in [0.29, 0.717) is 23.8 Å². The van der Waals surface area contributed by atoms with Crippen LogP contribution in [0.3, 0.4) is 0 Å². The van der Waals surface area contributed by atoms with E-state index in [0.717, 1.165) is 55.8 Å². The van der Waals surface area contributed by atoms with Crippen molar-refractivity contribution >= 4 is 28.2 Å². The summed E-state index contributed by atoms with van der Waals surface area (Å²) in [6, 6.07) is 7.71. The van der Waals surface area contributed by atoms with Gasteiger partial charge in [0.1, 0.15) is 5.75 Å². The Morgan fingerprint density at radius 3 is 2.79 bits per heavy atom. The molecule has 0 aliphatic carbocycles. The molecule has 0 atom stereocenters. The molecule has 2 heterocycles. The Morgan fingerprint density at radius 1 is 1.28 bits per heavy atom. The van der Waals surface area contributed by atoms with Gasteiger partial charge in [0.05, 0.1) is 13.2 Å². The van der Waals surface area contributed by atoms with Gasteiger partial charge in [0.2, 0.25) is 0 Å². The first-order chi connectivity index (χ1) is 14.1. The number of thiocarbonyl (C=S) groups is 1. The predicted molar refractivity (Wildman–Crippen MR) is 123 cm³/mol. The third-order valence-electron chi connectivity index (χ3n) is 5.26. The molecular weight excluding hydrogens is 384 g/mol. The van der Waals surface area contributed by atoms with Crippen LogP contribution in [-0.2, 0) is 6.54 Å². The summed E-state index contributed by atoms with van der Waals surface area (Å²) in [5.74, 6) is 0.809. The number of nitrogens with one attached hydrogen (secondary N) is 2. The summed E-state index contributed by atoms with van der Waals surface area (Å²) in [7, 11) is 0. The predicted octanol–water partition coefficient (Wildman–Crippen LogP) is 3.11. The molecule has 1 aromatic carbocycles. The van der Waals surface area contributed by atoms with Crippen LogP contribution in [0.25, 0.3) is 10.9 Å². The highest BCUT2D eigenvalue weighted by Crippen LogP contribution is 2.20. The smallest absolute Gasteiger partial charge is 0.253 e. The fraction of sp³-hybridized carbons (Fsp3) is 0.545. The third kappa shape index (κ3) is 5.93. The lowest BCUT2D eigenvalue weighted by atomic mass is 10.1. The highest BCUT2D eigenvalue weighted by Gasteiger charge is 2.17. The summed E-state index contributed by atoms with van der Waals surface area (Å²) in [4.78, 5) is 20.3. The second-order valence-electron chi connectivity index (χ2n) is 7.51. The van der Waals surface area contributed by atoms with Gasteiger partial charge in [-0.3, -0.25) is 4.79 Å². The van der Waals surface area contributed by atoms with Crippen molar-refractivity contribution in [1.82, 2.24) is 20.1 Å². The fourth-order valence-electron chi connectivity index (χ4n) is 3.67. The number of pyridine rings is 1. The Labute approximate surface area is 178 Å². The van der Waals surface area contributed by atoms with Crippen molar-refractivity contribution < 1.29 is 4.74 Å². The van der Waals surface area contributed by atoms with Gasteiger partial charge in [0.25, 0.3) is 5.56 Å². The van der Waals surface area contributed by atoms with Crippen LogP contribution in [0.2, 0.25) is 0 Å². The van der Waals surface area contributed by atoms with Crippen molar-refractivity contribution in [1.29, 1.82) is 0 Å². The van der Waals surface area contributed by atoms with Gasteiger partial charge >= 0.3 is 0 Å². The molecule has 2 N–H and O–H groups in total. The minimum absolute atomic E-state index is 0.0638. The van der Waals surface area contributed by atoms with Crippen LogP contribution in [0.4, 0.5) is 0 Å². The molecule has 1 aliphatic heterocycles. The van der Waals surface area contributed by atoms with Gasteiger partial charge in [-0.05, 0) is 75.8 Å². The Hall–Kier alpha value is -2.12. The number of benzene rings is 1. The minimum atomic E-state index is -0.0638. The Bertz CT molecular complexity index is 877. The number of ether oxygens (including phenoxy) is 1. The summed E-state index contributed by atoms with van der Waals surface area (Å²) < 4.78 is 5.60. The number of hydrogen-bond donors (Lipinski definition) is 2. The van der Waals surface area contributed by atoms with Crippen molar-refractivity contribution in [2.75, 3.05) is 39.3 Å². The average Bonchev–Trinajstić information content (AvgIpc) is 3.23. The van der Waals surface area contributed by atoms with Gasteiger partial charge in [0, 0.05) is 36.1 Å². The van der Waals surface area contributed by atoms with Crippen LogP contribution in [0.5, 0.6) is 5.75 Å². The first-order valence-corrected chi connectivity index (χ1v) is 11.1. The molecule has 1 aliphatic rings. The molecule has 158 valence electrons. The zero-order valence-electron chi connectivity index (χ0n) is 17.5. The molecule has 0 spiro atoms. The molecule has 1 fully saturated rings. The average molecular weight is 417 g/mol. The Morgan fingerprint density at radius 2 is 2.07 bits per heavy atom. The Balaban J connectivity index is 1.79. The van der Waals surface area contributed by atoms with E-state index < -0.39 is 0 Å². The van der Waals surface area contributed by atoms with Crippen LogP contribution in [0.15, 0.2) is 29.1 Å². The zero-order chi connectivity index (χ0) is 20.6. The van der Waals surface area contributed by atoms with Crippen LogP contribution in [0.1, 0.15) is 38.7 Å². The van der Waals surface area contributed by atoms with Gasteiger partial charge in [-0.1, -0.05) is 6.92 Å². The van der Waals surface area contributed by atoms with E-state index >= 15 is 0 Å². The summed E-state index contributed by atoms with van der Waals surface area (Å²) >= 11 is 5.64. The Kier molecular flexibility index (Phi) is 7.89. The van der Waals surface area contributed by atoms with Crippen molar-refractivity contribution in [3.8, 4) is 5.75 Å². The molecule has 0 bridgehead atoms. The molecule has 1 saturated heterocycles. The molecule has 0 saturated carbocycles. The van der Waals surface area contributed by atoms with Crippen molar-refractivity contribution in [3.63, 3.8) is 0 Å². The van der Waals surface area contributed by atoms with Gasteiger partial charge < -0.3 is 24.8 Å². The van der Waals surface area contributed by atoms with E-state index in [2.05, 4.69) is 27.0 Å². The van der Waals surface area contributed by atoms with E-state index in [1.807, 2.05) is 31.2 Å². The lowest BCUT2D eigenvalue weighted by Gasteiger charge is -2.28. The quantitative estimate of drug-likeness (QED) is 0.613. The molecule has 3 rings (SSSR count). The molecular formula is C22H32N4O2S. The van der Waals surface area contributed by atoms with E-state index in [4.69, 9.17) is 17.0 Å². The maximum Gasteiger partial charge on any atom is 0.253 e. The fourth-order valence-corrected chi connectivity index (χ4v) is 3.93. The highest BCUT2D eigenvalue weighted by molar-refractivity contribution is 7.80. The highest BCUT2D eigenvalue weighted by atomic mass is 32.1. The number of nitrogens with zero attached hydrogens (tertiary/aromatic N) is 2. The second-order valence-corrected chi connectivity index (χ2v) is 7.89. The number of hydrogen-bond acceptors (Lipinski definition) is 4. The number of aromatic amines is 1. The first kappa shape index (κ1) is 21.6. The number of likely N-dealkylation sites (tertiary alicyclic amines) is 1. The maximum absolute atomic E-state index is 12.7. The lowest BCUT2D eigenvalue weighted by molar-refractivity contribution is 0.285. The topological polar surface area (TPSA) is 60.6 Å². The first-order valence-electron chi connectivity index (χ1n) is 10.6. The second kappa shape index (κ2) is 10.6. The lowest BCUT2D eigenvalue weighted by Crippen LogP contribution is -2.44. The minimum Gasteiger partial charge on any atom is -0.494 e. The normalized spacial score (nSPS) is 14.3. The van der Waals surface area contributed by atoms with E-state index in [1.54, 1.807) is 0 Å². The molecule has 29 heavy (non-hydrogen) atoms. The molecule has 0 amide bonds. The van der Waals surface area contributed by atoms with Gasteiger partial charge in [-0.15, -0.1) is 0 Å². The summed E-state index contributed by atoms with van der Waals surface area (Å²) in [5.41, 5.74) is 1.47. The SMILES string of the molecule is CCCNC(=S)N(CCN1CCCC1)Cc1cc2cc(OCC)ccc2[nH]c1=O. The third-order valence-corrected chi connectivity index (χ3v) is 5.67. The molecule has 0 unspecified atom stereocenters. The summed E-state index contributed by atoms with van der Waals surface area (Å²) in [5, 5.41) is 5.00. The molecule has 6 nitrogen and oxygen atoms in total. The maximum atomic E-state index is 12.7. The standard InChI is InChI=1S/C22H32N4O2S/c1-3-9-23-22(29)26(13-12-25-10-5-6-11-25)16-18-14-17-15-19(28-4-2)7-8-20(17)24-21(18)27/h7-8,14-15H,3-6,9-13,16H2,1-2H3,(H,23,29)(H,24,27). The zero-order valence-corrected chi connectivity index (χ0v) is 18.3. The van der Waals surface area contributed by atoms with Crippen LogP contribution in [0, 0.1) is 0 Å². The molecule has 7 heteroatoms. The van der Waals surface area contributed by atoms with Crippen LogP contribution < -0.4 is 15.6 Å². The van der Waals surface area contributed by atoms with E-state index in [-0.39, 0.29) is 5.56 Å². The molecule has 0 radical (unpaired) electrons. The van der Waals surface area contributed by atoms with E-state index in [9.17, 15) is 4.79 Å². The van der Waals surface area contributed by atoms with Gasteiger partial charge in [-0.25, -0.2) is 0 Å². The molecule has 2 aromatic rings. The monoisotopic (exact) mass is 416 g/mol. The van der Waals surface area contributed by atoms with Gasteiger partial charge in [0.15, 0.2) is 5.11 Å². The van der Waals surface area contributed by atoms with Gasteiger partial charge in [-0.2, -0.15) is 0 Å². The van der Waals surface area contributed by atoms with E-state index in [1.165, 1.54) is 12.8 Å². The van der Waals surface area contributed by atoms with Crippen LogP contribution >= 0.6 is 12.2 Å². The molecule has 1 aromatic heterocycles. The summed E-state index contributed by atoms with van der Waals surface area (Å²) in [6.45, 7) is 10.1. The number of aromatic nitrogens is 1. The largest absolute Gasteiger partial charge is 0.494 e.